The Morgan fingerprint density at radius 1 is 1.29 bits per heavy atom. The molecular weight excluding hydrogens is 392 g/mol. The summed E-state index contributed by atoms with van der Waals surface area (Å²) in [5.74, 6) is 1.68. The Hall–Kier alpha value is -3.42. The van der Waals surface area contributed by atoms with E-state index in [9.17, 15) is 4.79 Å². The largest absolute Gasteiger partial charge is 0.497 e. The van der Waals surface area contributed by atoms with Gasteiger partial charge in [-0.15, -0.1) is 0 Å². The molecule has 1 aromatic carbocycles. The maximum atomic E-state index is 12.9. The van der Waals surface area contributed by atoms with Gasteiger partial charge in [0.05, 0.1) is 12.8 Å². The molecule has 31 heavy (non-hydrogen) atoms. The number of likely N-dealkylation sites (tertiary alicyclic amines) is 1. The lowest BCUT2D eigenvalue weighted by atomic mass is 9.90. The second-order valence-electron chi connectivity index (χ2n) is 7.98. The van der Waals surface area contributed by atoms with Crippen LogP contribution in [-0.4, -0.2) is 64.9 Å². The van der Waals surface area contributed by atoms with Crippen molar-refractivity contribution in [2.45, 2.75) is 25.3 Å². The lowest BCUT2D eigenvalue weighted by Gasteiger charge is -2.33. The highest BCUT2D eigenvalue weighted by molar-refractivity contribution is 5.76. The molecule has 162 valence electrons. The fraction of sp³-hybridized carbons (Fsp3) is 0.391. The van der Waals surface area contributed by atoms with Crippen LogP contribution in [0.3, 0.4) is 0 Å². The minimum atomic E-state index is 0.0817. The first-order valence-corrected chi connectivity index (χ1v) is 10.5. The minimum Gasteiger partial charge on any atom is -0.497 e. The average molecular weight is 421 g/mol. The third-order valence-corrected chi connectivity index (χ3v) is 5.60. The van der Waals surface area contributed by atoms with Crippen molar-refractivity contribution in [3.05, 3.63) is 54.6 Å². The van der Waals surface area contributed by atoms with Crippen LogP contribution < -0.4 is 9.64 Å². The molecule has 0 radical (unpaired) electrons. The van der Waals surface area contributed by atoms with Crippen molar-refractivity contribution < 1.29 is 9.53 Å². The van der Waals surface area contributed by atoms with E-state index in [-0.39, 0.29) is 18.4 Å². The zero-order valence-electron chi connectivity index (χ0n) is 18.2. The number of carbonyl (C=O) groups is 1. The van der Waals surface area contributed by atoms with Crippen molar-refractivity contribution in [1.29, 1.82) is 0 Å². The SMILES string of the molecule is COc1cccc(-c2cnc(N(C)C)nc2[C@@H]2CCCN(C(=O)Cn3cccn3)C2)c1. The first-order valence-electron chi connectivity index (χ1n) is 10.5. The van der Waals surface area contributed by atoms with E-state index >= 15 is 0 Å². The van der Waals surface area contributed by atoms with Crippen LogP contribution in [0.4, 0.5) is 5.95 Å². The lowest BCUT2D eigenvalue weighted by Crippen LogP contribution is -2.41. The van der Waals surface area contributed by atoms with Gasteiger partial charge in [-0.2, -0.15) is 5.10 Å². The average Bonchev–Trinajstić information content (AvgIpc) is 3.31. The molecule has 0 unspecified atom stereocenters. The van der Waals surface area contributed by atoms with E-state index in [1.807, 2.05) is 66.6 Å². The molecule has 1 aliphatic rings. The van der Waals surface area contributed by atoms with Gasteiger partial charge in [-0.3, -0.25) is 9.48 Å². The summed E-state index contributed by atoms with van der Waals surface area (Å²) in [5, 5.41) is 4.16. The van der Waals surface area contributed by atoms with Crippen molar-refractivity contribution in [1.82, 2.24) is 24.6 Å². The number of ether oxygens (including phenoxy) is 1. The molecule has 0 aliphatic carbocycles. The number of benzene rings is 1. The lowest BCUT2D eigenvalue weighted by molar-refractivity contribution is -0.133. The summed E-state index contributed by atoms with van der Waals surface area (Å²) in [6, 6.07) is 9.77. The molecule has 1 saturated heterocycles. The maximum Gasteiger partial charge on any atom is 0.244 e. The maximum absolute atomic E-state index is 12.9. The van der Waals surface area contributed by atoms with E-state index in [0.29, 0.717) is 12.5 Å². The van der Waals surface area contributed by atoms with Gasteiger partial charge < -0.3 is 14.5 Å². The Bertz CT molecular complexity index is 1030. The summed E-state index contributed by atoms with van der Waals surface area (Å²) in [6.07, 6.45) is 7.31. The summed E-state index contributed by atoms with van der Waals surface area (Å²) < 4.78 is 7.08. The number of hydrogen-bond acceptors (Lipinski definition) is 6. The fourth-order valence-corrected chi connectivity index (χ4v) is 3.98. The number of carbonyl (C=O) groups excluding carboxylic acids is 1. The molecule has 8 nitrogen and oxygen atoms in total. The van der Waals surface area contributed by atoms with Gasteiger partial charge in [0, 0.05) is 57.3 Å². The zero-order valence-corrected chi connectivity index (χ0v) is 18.2. The number of nitrogens with zero attached hydrogens (tertiary/aromatic N) is 6. The second kappa shape index (κ2) is 9.16. The Morgan fingerprint density at radius 3 is 2.90 bits per heavy atom. The molecule has 0 spiro atoms. The van der Waals surface area contributed by atoms with E-state index in [4.69, 9.17) is 9.72 Å². The van der Waals surface area contributed by atoms with Gasteiger partial charge in [0.1, 0.15) is 12.3 Å². The highest BCUT2D eigenvalue weighted by atomic mass is 16.5. The Labute approximate surface area is 182 Å². The molecule has 0 bridgehead atoms. The number of anilines is 1. The van der Waals surface area contributed by atoms with Crippen molar-refractivity contribution in [3.8, 4) is 16.9 Å². The van der Waals surface area contributed by atoms with Gasteiger partial charge in [0.25, 0.3) is 0 Å². The van der Waals surface area contributed by atoms with Gasteiger partial charge in [-0.1, -0.05) is 12.1 Å². The quantitative estimate of drug-likeness (QED) is 0.610. The monoisotopic (exact) mass is 420 g/mol. The van der Waals surface area contributed by atoms with E-state index < -0.39 is 0 Å². The molecule has 8 heteroatoms. The number of rotatable bonds is 6. The zero-order chi connectivity index (χ0) is 21.8. The van der Waals surface area contributed by atoms with Crippen molar-refractivity contribution in [2.75, 3.05) is 39.2 Å². The molecule has 1 fully saturated rings. The molecule has 1 atom stereocenters. The molecule has 1 aliphatic heterocycles. The summed E-state index contributed by atoms with van der Waals surface area (Å²) in [4.78, 5) is 26.2. The van der Waals surface area contributed by atoms with E-state index in [2.05, 4.69) is 10.1 Å². The van der Waals surface area contributed by atoms with Crippen molar-refractivity contribution in [2.24, 2.45) is 0 Å². The standard InChI is InChI=1S/C23H28N6O2/c1-27(2)23-24-14-20(17-7-4-9-19(13-17)31-3)22(26-23)18-8-5-11-28(15-18)21(30)16-29-12-6-10-25-29/h4,6-7,9-10,12-14,18H,5,8,11,15-16H2,1-3H3/t18-/m1/s1. The normalized spacial score (nSPS) is 16.2. The van der Waals surface area contributed by atoms with Crippen molar-refractivity contribution in [3.63, 3.8) is 0 Å². The van der Waals surface area contributed by atoms with Gasteiger partial charge in [0.15, 0.2) is 0 Å². The van der Waals surface area contributed by atoms with E-state index in [0.717, 1.165) is 42.0 Å². The Morgan fingerprint density at radius 2 is 2.16 bits per heavy atom. The number of piperidine rings is 1. The topological polar surface area (TPSA) is 76.4 Å². The first kappa shape index (κ1) is 20.8. The van der Waals surface area contributed by atoms with E-state index in [1.165, 1.54) is 0 Å². The second-order valence-corrected chi connectivity index (χ2v) is 7.98. The third kappa shape index (κ3) is 4.68. The number of aromatic nitrogens is 4. The summed E-state index contributed by atoms with van der Waals surface area (Å²) >= 11 is 0. The highest BCUT2D eigenvalue weighted by Gasteiger charge is 2.28. The molecule has 3 heterocycles. The Kier molecular flexibility index (Phi) is 6.16. The van der Waals surface area contributed by atoms with Crippen LogP contribution in [0.25, 0.3) is 11.1 Å². The minimum absolute atomic E-state index is 0.0817. The molecule has 1 amide bonds. The summed E-state index contributed by atoms with van der Waals surface area (Å²) in [5.41, 5.74) is 2.97. The van der Waals surface area contributed by atoms with Crippen LogP contribution in [0.1, 0.15) is 24.5 Å². The number of methoxy groups -OCH3 is 1. The van der Waals surface area contributed by atoms with Gasteiger partial charge >= 0.3 is 0 Å². The molecule has 3 aromatic rings. The predicted octanol–water partition coefficient (Wildman–Crippen LogP) is 2.82. The molecule has 0 N–H and O–H groups in total. The fourth-order valence-electron chi connectivity index (χ4n) is 3.98. The Balaban J connectivity index is 1.64. The molecular formula is C23H28N6O2. The molecule has 4 rings (SSSR count). The van der Waals surface area contributed by atoms with Crippen LogP contribution in [0, 0.1) is 0 Å². The van der Waals surface area contributed by atoms with E-state index in [1.54, 1.807) is 18.0 Å². The smallest absolute Gasteiger partial charge is 0.244 e. The highest BCUT2D eigenvalue weighted by Crippen LogP contribution is 2.35. The van der Waals surface area contributed by atoms with Crippen LogP contribution in [0.5, 0.6) is 5.75 Å². The molecule has 0 saturated carbocycles. The summed E-state index contributed by atoms with van der Waals surface area (Å²) in [7, 11) is 5.53. The third-order valence-electron chi connectivity index (χ3n) is 5.60. The van der Waals surface area contributed by atoms with Crippen LogP contribution in [0.2, 0.25) is 0 Å². The van der Waals surface area contributed by atoms with Gasteiger partial charge in [-0.05, 0) is 36.6 Å². The van der Waals surface area contributed by atoms with Crippen LogP contribution >= 0.6 is 0 Å². The summed E-state index contributed by atoms with van der Waals surface area (Å²) in [6.45, 7) is 1.66. The van der Waals surface area contributed by atoms with Gasteiger partial charge in [-0.25, -0.2) is 9.97 Å². The van der Waals surface area contributed by atoms with Crippen LogP contribution in [-0.2, 0) is 11.3 Å². The predicted molar refractivity (Wildman–Crippen MR) is 119 cm³/mol. The molecule has 2 aromatic heterocycles. The number of amides is 1. The van der Waals surface area contributed by atoms with Crippen LogP contribution in [0.15, 0.2) is 48.9 Å². The van der Waals surface area contributed by atoms with Gasteiger partial charge in [0.2, 0.25) is 11.9 Å². The first-order chi connectivity index (χ1) is 15.0. The van der Waals surface area contributed by atoms with Crippen molar-refractivity contribution >= 4 is 11.9 Å². The number of hydrogen-bond donors (Lipinski definition) is 0.